The van der Waals surface area contributed by atoms with E-state index in [2.05, 4.69) is 38.2 Å². The molecule has 2 aromatic rings. The van der Waals surface area contributed by atoms with Crippen LogP contribution in [-0.2, 0) is 5.41 Å². The van der Waals surface area contributed by atoms with E-state index >= 15 is 0 Å². The van der Waals surface area contributed by atoms with Crippen LogP contribution in [0.15, 0.2) is 16.5 Å². The molecule has 1 fully saturated rings. The summed E-state index contributed by atoms with van der Waals surface area (Å²) >= 11 is 0. The summed E-state index contributed by atoms with van der Waals surface area (Å²) < 4.78 is 6.05. The van der Waals surface area contributed by atoms with Gasteiger partial charge in [-0.05, 0) is 57.4 Å². The number of nitrogens with one attached hydrogen (secondary N) is 1. The number of benzene rings is 1. The third-order valence-electron chi connectivity index (χ3n) is 3.93. The third kappa shape index (κ3) is 1.83. The van der Waals surface area contributed by atoms with Crippen LogP contribution < -0.4 is 5.32 Å². The van der Waals surface area contributed by atoms with E-state index in [1.54, 1.807) is 0 Å². The number of hydrogen-bond donors (Lipinski definition) is 1. The van der Waals surface area contributed by atoms with Crippen LogP contribution in [0.5, 0.6) is 0 Å². The summed E-state index contributed by atoms with van der Waals surface area (Å²) in [7, 11) is 0. The van der Waals surface area contributed by atoms with Crippen molar-refractivity contribution in [1.82, 2.24) is 10.3 Å². The first kappa shape index (κ1) is 11.7. The van der Waals surface area contributed by atoms with Crippen LogP contribution in [0.4, 0.5) is 0 Å². The van der Waals surface area contributed by atoms with Gasteiger partial charge >= 0.3 is 0 Å². The van der Waals surface area contributed by atoms with E-state index in [9.17, 15) is 0 Å². The Balaban J connectivity index is 2.10. The van der Waals surface area contributed by atoms with E-state index in [-0.39, 0.29) is 5.41 Å². The Morgan fingerprint density at radius 1 is 1.33 bits per heavy atom. The summed E-state index contributed by atoms with van der Waals surface area (Å²) in [6, 6.07) is 4.26. The molecule has 0 radical (unpaired) electrons. The second kappa shape index (κ2) is 4.09. The predicted molar refractivity (Wildman–Crippen MR) is 72.9 cm³/mol. The number of rotatable bonds is 1. The Labute approximate surface area is 108 Å². The van der Waals surface area contributed by atoms with Crippen molar-refractivity contribution >= 4 is 11.1 Å². The van der Waals surface area contributed by atoms with E-state index in [4.69, 9.17) is 9.40 Å². The highest BCUT2D eigenvalue weighted by Gasteiger charge is 2.33. The van der Waals surface area contributed by atoms with Gasteiger partial charge in [0.05, 0.1) is 5.41 Å². The first-order valence-electron chi connectivity index (χ1n) is 6.67. The zero-order valence-electron chi connectivity index (χ0n) is 11.3. The summed E-state index contributed by atoms with van der Waals surface area (Å²) in [5, 5.41) is 3.44. The van der Waals surface area contributed by atoms with Gasteiger partial charge < -0.3 is 9.73 Å². The number of hydrogen-bond acceptors (Lipinski definition) is 3. The molecule has 0 bridgehead atoms. The summed E-state index contributed by atoms with van der Waals surface area (Å²) in [6.07, 6.45) is 2.33. The van der Waals surface area contributed by atoms with Crippen molar-refractivity contribution in [1.29, 1.82) is 0 Å². The highest BCUT2D eigenvalue weighted by Crippen LogP contribution is 2.33. The van der Waals surface area contributed by atoms with Crippen molar-refractivity contribution in [2.24, 2.45) is 0 Å². The number of oxazole rings is 1. The van der Waals surface area contributed by atoms with E-state index in [1.807, 2.05) is 0 Å². The predicted octanol–water partition coefficient (Wildman–Crippen LogP) is 3.09. The normalized spacial score (nSPS) is 24.6. The number of piperidine rings is 1. The zero-order chi connectivity index (χ0) is 12.8. The Kier molecular flexibility index (Phi) is 2.67. The largest absolute Gasteiger partial charge is 0.440 e. The minimum Gasteiger partial charge on any atom is -0.440 e. The molecule has 0 amide bonds. The average Bonchev–Trinajstić information content (AvgIpc) is 2.74. The second-order valence-corrected chi connectivity index (χ2v) is 5.79. The fourth-order valence-corrected chi connectivity index (χ4v) is 2.87. The lowest BCUT2D eigenvalue weighted by atomic mass is 9.83. The van der Waals surface area contributed by atoms with Crippen molar-refractivity contribution < 1.29 is 4.42 Å². The van der Waals surface area contributed by atoms with Gasteiger partial charge in [0, 0.05) is 6.54 Å². The Bertz CT molecular complexity index is 579. The molecule has 0 spiro atoms. The van der Waals surface area contributed by atoms with Crippen molar-refractivity contribution in [3.63, 3.8) is 0 Å². The summed E-state index contributed by atoms with van der Waals surface area (Å²) in [5.74, 6) is 0.887. The Morgan fingerprint density at radius 3 is 2.89 bits per heavy atom. The first-order chi connectivity index (χ1) is 8.58. The zero-order valence-corrected chi connectivity index (χ0v) is 11.3. The van der Waals surface area contributed by atoms with Crippen LogP contribution in [-0.4, -0.2) is 18.1 Å². The molecular weight excluding hydrogens is 224 g/mol. The molecule has 96 valence electrons. The highest BCUT2D eigenvalue weighted by atomic mass is 16.3. The smallest absolute Gasteiger partial charge is 0.202 e. The molecule has 18 heavy (non-hydrogen) atoms. The summed E-state index contributed by atoms with van der Waals surface area (Å²) in [5.41, 5.74) is 4.40. The van der Waals surface area contributed by atoms with Gasteiger partial charge in [-0.1, -0.05) is 6.07 Å². The van der Waals surface area contributed by atoms with Gasteiger partial charge in [0.2, 0.25) is 5.89 Å². The monoisotopic (exact) mass is 244 g/mol. The van der Waals surface area contributed by atoms with E-state index in [0.29, 0.717) is 0 Å². The maximum Gasteiger partial charge on any atom is 0.202 e. The quantitative estimate of drug-likeness (QED) is 0.837. The minimum atomic E-state index is 0.0393. The van der Waals surface area contributed by atoms with Crippen LogP contribution >= 0.6 is 0 Å². The molecule has 0 saturated carbocycles. The van der Waals surface area contributed by atoms with Crippen LogP contribution in [0, 0.1) is 13.8 Å². The fraction of sp³-hybridized carbons (Fsp3) is 0.533. The molecule has 3 heteroatoms. The lowest BCUT2D eigenvalue weighted by Gasteiger charge is -2.30. The van der Waals surface area contributed by atoms with Crippen molar-refractivity contribution in [2.75, 3.05) is 13.1 Å². The summed E-state index contributed by atoms with van der Waals surface area (Å²) in [6.45, 7) is 8.49. The molecule has 0 aliphatic carbocycles. The molecule has 1 atom stereocenters. The minimum absolute atomic E-state index is 0.0393. The van der Waals surface area contributed by atoms with E-state index in [1.165, 1.54) is 17.5 Å². The molecular formula is C15H20N2O. The van der Waals surface area contributed by atoms with E-state index in [0.717, 1.165) is 36.5 Å². The molecule has 2 heterocycles. The number of aromatic nitrogens is 1. The average molecular weight is 244 g/mol. The van der Waals surface area contributed by atoms with E-state index < -0.39 is 0 Å². The topological polar surface area (TPSA) is 38.1 Å². The molecule has 1 aromatic heterocycles. The van der Waals surface area contributed by atoms with Crippen molar-refractivity contribution in [3.05, 3.63) is 29.2 Å². The lowest BCUT2D eigenvalue weighted by Crippen LogP contribution is -2.41. The Morgan fingerprint density at radius 2 is 2.17 bits per heavy atom. The van der Waals surface area contributed by atoms with Gasteiger partial charge in [-0.25, -0.2) is 4.98 Å². The van der Waals surface area contributed by atoms with Gasteiger partial charge in [0.1, 0.15) is 5.52 Å². The molecule has 1 N–H and O–H groups in total. The van der Waals surface area contributed by atoms with Crippen molar-refractivity contribution in [2.45, 2.75) is 39.0 Å². The van der Waals surface area contributed by atoms with Crippen LogP contribution in [0.2, 0.25) is 0 Å². The number of nitrogens with zero attached hydrogens (tertiary/aromatic N) is 1. The van der Waals surface area contributed by atoms with Crippen LogP contribution in [0.3, 0.4) is 0 Å². The van der Waals surface area contributed by atoms with Gasteiger partial charge in [-0.3, -0.25) is 0 Å². The number of fused-ring (bicyclic) bond motifs is 1. The van der Waals surface area contributed by atoms with Gasteiger partial charge in [-0.15, -0.1) is 0 Å². The molecule has 1 saturated heterocycles. The molecule has 1 aromatic carbocycles. The lowest BCUT2D eigenvalue weighted by molar-refractivity contribution is 0.279. The van der Waals surface area contributed by atoms with Crippen LogP contribution in [0.25, 0.3) is 11.1 Å². The van der Waals surface area contributed by atoms with Gasteiger partial charge in [0.15, 0.2) is 5.58 Å². The standard InChI is InChI=1S/C15H20N2O/c1-10-7-11(2)13-12(8-10)17-14(18-13)15(3)5-4-6-16-9-15/h7-8,16H,4-6,9H2,1-3H3. The maximum absolute atomic E-state index is 6.05. The second-order valence-electron chi connectivity index (χ2n) is 5.79. The number of aryl methyl sites for hydroxylation is 2. The molecule has 1 aliphatic rings. The van der Waals surface area contributed by atoms with Crippen molar-refractivity contribution in [3.8, 4) is 0 Å². The molecule has 3 rings (SSSR count). The molecule has 1 unspecified atom stereocenters. The Hall–Kier alpha value is -1.35. The SMILES string of the molecule is Cc1cc(C)c2oc(C3(C)CCCNC3)nc2c1. The third-order valence-corrected chi connectivity index (χ3v) is 3.93. The highest BCUT2D eigenvalue weighted by molar-refractivity contribution is 5.77. The van der Waals surface area contributed by atoms with Crippen LogP contribution in [0.1, 0.15) is 36.8 Å². The summed E-state index contributed by atoms with van der Waals surface area (Å²) in [4.78, 5) is 4.72. The molecule has 1 aliphatic heterocycles. The molecule has 3 nitrogen and oxygen atoms in total. The first-order valence-corrected chi connectivity index (χ1v) is 6.67. The van der Waals surface area contributed by atoms with Gasteiger partial charge in [0.25, 0.3) is 0 Å². The maximum atomic E-state index is 6.05. The van der Waals surface area contributed by atoms with Gasteiger partial charge in [-0.2, -0.15) is 0 Å². The fourth-order valence-electron chi connectivity index (χ4n) is 2.87.